The van der Waals surface area contributed by atoms with Gasteiger partial charge in [-0.15, -0.1) is 0 Å². The minimum atomic E-state index is 0.326. The highest BCUT2D eigenvalue weighted by Crippen LogP contribution is 2.19. The van der Waals surface area contributed by atoms with E-state index in [1.54, 1.807) is 6.08 Å². The molecule has 0 radical (unpaired) electrons. The van der Waals surface area contributed by atoms with E-state index in [1.807, 2.05) is 30.3 Å². The Balaban J connectivity index is 2.30. The molecule has 0 aliphatic carbocycles. The first kappa shape index (κ1) is 10.3. The first-order valence-corrected chi connectivity index (χ1v) is 5.14. The third-order valence-corrected chi connectivity index (χ3v) is 2.35. The van der Waals surface area contributed by atoms with Crippen molar-refractivity contribution in [2.24, 2.45) is 11.5 Å². The van der Waals surface area contributed by atoms with Crippen LogP contribution in [0.5, 0.6) is 0 Å². The standard InChI is InChI=1S/C14H14N2/c15-14(16)10-11-6-8-13(9-7-11)12-4-2-1-3-5-12/h1-10H,15-16H2. The molecule has 2 aromatic carbocycles. The number of nitrogens with two attached hydrogens (primary N) is 2. The zero-order valence-electron chi connectivity index (χ0n) is 8.93. The highest BCUT2D eigenvalue weighted by molar-refractivity contribution is 5.65. The first-order chi connectivity index (χ1) is 7.75. The van der Waals surface area contributed by atoms with Gasteiger partial charge < -0.3 is 11.5 Å². The summed E-state index contributed by atoms with van der Waals surface area (Å²) in [7, 11) is 0. The van der Waals surface area contributed by atoms with E-state index in [1.165, 1.54) is 11.1 Å². The average molecular weight is 210 g/mol. The summed E-state index contributed by atoms with van der Waals surface area (Å²) in [5.41, 5.74) is 14.2. The molecule has 2 heteroatoms. The molecule has 0 amide bonds. The summed E-state index contributed by atoms with van der Waals surface area (Å²) in [6, 6.07) is 18.4. The van der Waals surface area contributed by atoms with E-state index in [-0.39, 0.29) is 0 Å². The summed E-state index contributed by atoms with van der Waals surface area (Å²) >= 11 is 0. The predicted molar refractivity (Wildman–Crippen MR) is 68.2 cm³/mol. The summed E-state index contributed by atoms with van der Waals surface area (Å²) in [5, 5.41) is 0. The van der Waals surface area contributed by atoms with E-state index in [0.29, 0.717) is 5.82 Å². The van der Waals surface area contributed by atoms with Gasteiger partial charge in [0, 0.05) is 0 Å². The Hall–Kier alpha value is -2.22. The molecule has 2 rings (SSSR count). The molecule has 2 nitrogen and oxygen atoms in total. The maximum absolute atomic E-state index is 5.41. The molecule has 0 aliphatic rings. The first-order valence-electron chi connectivity index (χ1n) is 5.14. The zero-order chi connectivity index (χ0) is 11.4. The van der Waals surface area contributed by atoms with Crippen LogP contribution in [0.4, 0.5) is 0 Å². The van der Waals surface area contributed by atoms with Gasteiger partial charge in [0.15, 0.2) is 0 Å². The quantitative estimate of drug-likeness (QED) is 0.800. The Kier molecular flexibility index (Phi) is 2.92. The van der Waals surface area contributed by atoms with Gasteiger partial charge in [-0.3, -0.25) is 0 Å². The van der Waals surface area contributed by atoms with Crippen LogP contribution in [0.3, 0.4) is 0 Å². The molecule has 0 aliphatic heterocycles. The van der Waals surface area contributed by atoms with Crippen LogP contribution in [0.2, 0.25) is 0 Å². The van der Waals surface area contributed by atoms with Crippen LogP contribution < -0.4 is 11.5 Å². The minimum Gasteiger partial charge on any atom is -0.386 e. The second-order valence-corrected chi connectivity index (χ2v) is 3.63. The molecular weight excluding hydrogens is 196 g/mol. The Bertz CT molecular complexity index is 480. The van der Waals surface area contributed by atoms with Crippen molar-refractivity contribution in [1.29, 1.82) is 0 Å². The monoisotopic (exact) mass is 210 g/mol. The molecule has 0 aromatic heterocycles. The van der Waals surface area contributed by atoms with Crippen LogP contribution in [0.15, 0.2) is 60.4 Å². The van der Waals surface area contributed by atoms with E-state index >= 15 is 0 Å². The van der Waals surface area contributed by atoms with Gasteiger partial charge in [-0.05, 0) is 22.8 Å². The van der Waals surface area contributed by atoms with Crippen molar-refractivity contribution in [3.8, 4) is 11.1 Å². The topological polar surface area (TPSA) is 52.0 Å². The predicted octanol–water partition coefficient (Wildman–Crippen LogP) is 2.57. The Labute approximate surface area is 95.2 Å². The molecule has 2 aromatic rings. The Morgan fingerprint density at radius 2 is 1.31 bits per heavy atom. The van der Waals surface area contributed by atoms with Gasteiger partial charge in [-0.2, -0.15) is 0 Å². The lowest BCUT2D eigenvalue weighted by Gasteiger charge is -2.02. The fourth-order valence-electron chi connectivity index (χ4n) is 1.59. The molecule has 0 fully saturated rings. The Morgan fingerprint density at radius 1 is 0.750 bits per heavy atom. The van der Waals surface area contributed by atoms with Crippen LogP contribution >= 0.6 is 0 Å². The van der Waals surface area contributed by atoms with Crippen molar-refractivity contribution in [3.63, 3.8) is 0 Å². The molecule has 0 bridgehead atoms. The van der Waals surface area contributed by atoms with E-state index in [9.17, 15) is 0 Å². The molecule has 80 valence electrons. The molecule has 4 N–H and O–H groups in total. The van der Waals surface area contributed by atoms with Crippen molar-refractivity contribution < 1.29 is 0 Å². The molecule has 0 atom stereocenters. The Morgan fingerprint density at radius 3 is 1.88 bits per heavy atom. The van der Waals surface area contributed by atoms with Crippen molar-refractivity contribution in [2.45, 2.75) is 0 Å². The maximum atomic E-state index is 5.41. The number of hydrogen-bond acceptors (Lipinski definition) is 2. The van der Waals surface area contributed by atoms with Gasteiger partial charge in [0.2, 0.25) is 0 Å². The maximum Gasteiger partial charge on any atom is 0.0939 e. The minimum absolute atomic E-state index is 0.326. The van der Waals surface area contributed by atoms with Crippen molar-refractivity contribution in [1.82, 2.24) is 0 Å². The third kappa shape index (κ3) is 2.42. The van der Waals surface area contributed by atoms with Gasteiger partial charge >= 0.3 is 0 Å². The summed E-state index contributed by atoms with van der Waals surface area (Å²) in [6.07, 6.45) is 1.74. The average Bonchev–Trinajstić information content (AvgIpc) is 2.30. The number of benzene rings is 2. The van der Waals surface area contributed by atoms with E-state index in [2.05, 4.69) is 24.3 Å². The van der Waals surface area contributed by atoms with Crippen LogP contribution in [0, 0.1) is 0 Å². The highest BCUT2D eigenvalue weighted by Gasteiger charge is 1.95. The largest absolute Gasteiger partial charge is 0.386 e. The lowest BCUT2D eigenvalue weighted by atomic mass is 10.0. The smallest absolute Gasteiger partial charge is 0.0939 e. The summed E-state index contributed by atoms with van der Waals surface area (Å²) in [4.78, 5) is 0. The van der Waals surface area contributed by atoms with Gasteiger partial charge in [0.05, 0.1) is 5.82 Å². The summed E-state index contributed by atoms with van der Waals surface area (Å²) in [5.74, 6) is 0.326. The van der Waals surface area contributed by atoms with Gasteiger partial charge in [0.25, 0.3) is 0 Å². The van der Waals surface area contributed by atoms with E-state index in [0.717, 1.165) is 5.56 Å². The molecule has 0 unspecified atom stereocenters. The number of rotatable bonds is 2. The molecule has 0 heterocycles. The second kappa shape index (κ2) is 4.53. The zero-order valence-corrected chi connectivity index (χ0v) is 8.93. The second-order valence-electron chi connectivity index (χ2n) is 3.63. The molecule has 0 spiro atoms. The molecule has 16 heavy (non-hydrogen) atoms. The van der Waals surface area contributed by atoms with E-state index < -0.39 is 0 Å². The van der Waals surface area contributed by atoms with Crippen LogP contribution in [0.25, 0.3) is 17.2 Å². The molecule has 0 saturated carbocycles. The fourth-order valence-corrected chi connectivity index (χ4v) is 1.59. The lowest BCUT2D eigenvalue weighted by Crippen LogP contribution is -2.06. The molecular formula is C14H14N2. The van der Waals surface area contributed by atoms with Crippen molar-refractivity contribution in [3.05, 3.63) is 66.0 Å². The van der Waals surface area contributed by atoms with Gasteiger partial charge in [-0.25, -0.2) is 0 Å². The summed E-state index contributed by atoms with van der Waals surface area (Å²) in [6.45, 7) is 0. The fraction of sp³-hybridized carbons (Fsp3) is 0. The van der Waals surface area contributed by atoms with Crippen molar-refractivity contribution in [2.75, 3.05) is 0 Å². The molecule has 0 saturated heterocycles. The SMILES string of the molecule is NC(N)=Cc1ccc(-c2ccccc2)cc1. The highest BCUT2D eigenvalue weighted by atomic mass is 14.8. The van der Waals surface area contributed by atoms with Crippen LogP contribution in [-0.4, -0.2) is 0 Å². The number of hydrogen-bond donors (Lipinski definition) is 2. The summed E-state index contributed by atoms with van der Waals surface area (Å²) < 4.78 is 0. The van der Waals surface area contributed by atoms with Crippen molar-refractivity contribution >= 4 is 6.08 Å². The lowest BCUT2D eigenvalue weighted by molar-refractivity contribution is 1.27. The van der Waals surface area contributed by atoms with Crippen LogP contribution in [-0.2, 0) is 0 Å². The van der Waals surface area contributed by atoms with Gasteiger partial charge in [-0.1, -0.05) is 54.6 Å². The van der Waals surface area contributed by atoms with Gasteiger partial charge in [0.1, 0.15) is 0 Å². The third-order valence-electron chi connectivity index (χ3n) is 2.35. The van der Waals surface area contributed by atoms with Crippen LogP contribution in [0.1, 0.15) is 5.56 Å². The van der Waals surface area contributed by atoms with E-state index in [4.69, 9.17) is 11.5 Å². The normalized spacial score (nSPS) is 9.75.